The molecule has 9 aliphatic heterocycles. The number of carbonyl (C=O) groups is 4. The Kier molecular flexibility index (Phi) is 32.6. The van der Waals surface area contributed by atoms with Gasteiger partial charge in [0.25, 0.3) is 0 Å². The highest BCUT2D eigenvalue weighted by Gasteiger charge is 2.61. The Hall–Kier alpha value is -3.76. The Morgan fingerprint density at radius 3 is 1.03 bits per heavy atom. The number of hydrogen-bond acceptors (Lipinski definition) is 45. The van der Waals surface area contributed by atoms with Crippen LogP contribution in [-0.2, 0) is 99.7 Å². The Morgan fingerprint density at radius 2 is 0.559 bits per heavy atom. The minimum Gasteiger partial charge on any atom is -0.394 e. The van der Waals surface area contributed by atoms with Crippen molar-refractivity contribution in [3.63, 3.8) is 0 Å². The molecule has 111 heavy (non-hydrogen) atoms. The predicted molar refractivity (Wildman–Crippen MR) is 342 cm³/mol. The van der Waals surface area contributed by atoms with Gasteiger partial charge < -0.3 is 224 Å². The fraction of sp³-hybridized carbons (Fsp3) is 0.935. The molecule has 0 unspecified atom stereocenters. The van der Waals surface area contributed by atoms with Gasteiger partial charge in [0.15, 0.2) is 56.6 Å². The van der Waals surface area contributed by atoms with Gasteiger partial charge >= 0.3 is 0 Å². The van der Waals surface area contributed by atoms with E-state index in [1.165, 1.54) is 6.92 Å². The zero-order valence-electron chi connectivity index (χ0n) is 59.9. The number of amides is 4. The molecule has 9 rings (SSSR count). The summed E-state index contributed by atoms with van der Waals surface area (Å²) in [6, 6.07) is -7.39. The smallest absolute Gasteiger partial charge is 0.217 e. The normalized spacial score (nSPS) is 49.3. The minimum atomic E-state index is -2.55. The zero-order chi connectivity index (χ0) is 81.8. The van der Waals surface area contributed by atoms with E-state index in [-0.39, 0.29) is 0 Å². The lowest BCUT2D eigenvalue weighted by Crippen LogP contribution is -2.71. The summed E-state index contributed by atoms with van der Waals surface area (Å²) in [5, 5.41) is 276. The van der Waals surface area contributed by atoms with Gasteiger partial charge in [-0.25, -0.2) is 0 Å². The van der Waals surface area contributed by atoms with Crippen molar-refractivity contribution in [2.75, 3.05) is 52.9 Å². The molecular weight excluding hydrogens is 1520 g/mol. The van der Waals surface area contributed by atoms with E-state index >= 15 is 0 Å². The average molecular weight is 1630 g/mol. The molecule has 49 nitrogen and oxygen atoms in total. The average Bonchev–Trinajstić information content (AvgIpc) is 0.774. The van der Waals surface area contributed by atoms with Crippen molar-refractivity contribution in [2.45, 2.75) is 311 Å². The van der Waals surface area contributed by atoms with Crippen LogP contribution in [0.4, 0.5) is 0 Å². The Bertz CT molecular complexity index is 2950. The first-order valence-corrected chi connectivity index (χ1v) is 35.5. The van der Waals surface area contributed by atoms with Crippen molar-refractivity contribution >= 4 is 23.6 Å². The Morgan fingerprint density at radius 1 is 0.252 bits per heavy atom. The summed E-state index contributed by atoms with van der Waals surface area (Å²) in [5.74, 6) is -3.59. The molecule has 9 saturated heterocycles. The molecule has 0 aliphatic carbocycles. The lowest BCUT2D eigenvalue weighted by atomic mass is 9.93. The summed E-state index contributed by atoms with van der Waals surface area (Å²) in [4.78, 5) is 50.9. The molecule has 0 aromatic rings. The van der Waals surface area contributed by atoms with Crippen LogP contribution >= 0.6 is 0 Å². The molecule has 45 atom stereocenters. The van der Waals surface area contributed by atoms with Gasteiger partial charge in [-0.15, -0.1) is 0 Å². The predicted octanol–water partition coefficient (Wildman–Crippen LogP) is -19.0. The first-order valence-electron chi connectivity index (χ1n) is 35.5. The van der Waals surface area contributed by atoms with E-state index in [0.717, 1.165) is 27.7 Å². The van der Waals surface area contributed by atoms with Gasteiger partial charge in [0.2, 0.25) is 23.6 Å². The van der Waals surface area contributed by atoms with Crippen molar-refractivity contribution in [1.82, 2.24) is 21.3 Å². The topological polar surface area (TPSA) is 759 Å². The maximum Gasteiger partial charge on any atom is 0.217 e. The third-order valence-electron chi connectivity index (χ3n) is 20.3. The molecule has 0 radical (unpaired) electrons. The third kappa shape index (κ3) is 20.3. The summed E-state index contributed by atoms with van der Waals surface area (Å²) in [6.45, 7) is -3.36. The molecule has 9 fully saturated rings. The number of hydrogen-bond donors (Lipinski definition) is 28. The highest BCUT2D eigenvalue weighted by atomic mass is 16.8. The summed E-state index contributed by atoms with van der Waals surface area (Å²) in [5.41, 5.74) is 0. The second-order valence-corrected chi connectivity index (χ2v) is 28.2. The van der Waals surface area contributed by atoms with Gasteiger partial charge in [0.1, 0.15) is 213 Å². The van der Waals surface area contributed by atoms with E-state index in [1.807, 2.05) is 0 Å². The molecule has 9 heterocycles. The van der Waals surface area contributed by atoms with Crippen molar-refractivity contribution < 1.29 is 222 Å². The highest BCUT2D eigenvalue weighted by Crippen LogP contribution is 2.40. The maximum atomic E-state index is 13.2. The van der Waals surface area contributed by atoms with E-state index in [1.54, 1.807) is 0 Å². The van der Waals surface area contributed by atoms with Gasteiger partial charge in [-0.05, 0) is 6.92 Å². The summed E-state index contributed by atoms with van der Waals surface area (Å²) >= 11 is 0. The van der Waals surface area contributed by atoms with E-state index < -0.39 is 353 Å². The molecular formula is C62H104N4O45. The van der Waals surface area contributed by atoms with Crippen LogP contribution in [0.15, 0.2) is 0 Å². The summed E-state index contributed by atoms with van der Waals surface area (Å²) < 4.78 is 101. The molecule has 0 saturated carbocycles. The van der Waals surface area contributed by atoms with Crippen LogP contribution in [0.2, 0.25) is 0 Å². The Labute approximate surface area is 629 Å². The first-order chi connectivity index (χ1) is 52.4. The number of carbonyl (C=O) groups excluding carboxylic acids is 4. The van der Waals surface area contributed by atoms with Crippen LogP contribution in [0.25, 0.3) is 0 Å². The standard InChI is InChI=1S/C62H104N4O45/c1-14-31(77)41(87)45(91)58(97-14)95-13-26-50(38(84)27(54(94)98-26)63-15(2)73)106-56-29(65-17(4)75)39(85)49(24(11-72)103-56)108-60-47(93)51(109-62-53(44(90)35(81)22(9-70)102-62)111-55-28(64-16(3)74)37(83)32(78)19(6-67)99-55)36(82)25(105-60)12-96-61-52(43(89)34(80)21(8-69)101-61)110-57-30(66-18(5)76)40(86)48(23(10-71)104-57)107-59-46(92)42(88)33(79)20(7-68)100-59/h14,19-62,67-72,77-94H,6-13H2,1-5H3,(H,63,73)(H,64,74)(H,65,75)(H,66,76)/t14-,19+,20+,21+,22+,23+,24+,25+,26+,27+,28+,29+,30+,31+,32+,33-,34+,35+,36+,37+,38+,39+,40+,41+,42-,43-,44-,45-,46+,47-,48+,49+,50+,51-,52-,53-,54+,55-,56-,57+,58-,59-,60-,61-,62-/m0/s1. The number of rotatable bonds is 28. The molecule has 49 heteroatoms. The zero-order valence-corrected chi connectivity index (χ0v) is 59.9. The minimum absolute atomic E-state index is 0.827. The van der Waals surface area contributed by atoms with Crippen LogP contribution in [0.3, 0.4) is 0 Å². The van der Waals surface area contributed by atoms with Crippen LogP contribution < -0.4 is 21.3 Å². The number of nitrogens with one attached hydrogen (secondary N) is 4. The lowest BCUT2D eigenvalue weighted by Gasteiger charge is -2.51. The third-order valence-corrected chi connectivity index (χ3v) is 20.3. The monoisotopic (exact) mass is 1620 g/mol. The number of aliphatic hydroxyl groups is 24. The van der Waals surface area contributed by atoms with Crippen molar-refractivity contribution in [1.29, 1.82) is 0 Å². The molecule has 4 amide bonds. The fourth-order valence-electron chi connectivity index (χ4n) is 14.3. The molecule has 0 spiro atoms. The number of aliphatic hydroxyl groups excluding tert-OH is 24. The van der Waals surface area contributed by atoms with Gasteiger partial charge in [-0.2, -0.15) is 0 Å². The molecule has 9 aliphatic rings. The van der Waals surface area contributed by atoms with E-state index in [4.69, 9.17) is 80.5 Å². The summed E-state index contributed by atoms with van der Waals surface area (Å²) in [6.07, 6.45) is -83.2. The largest absolute Gasteiger partial charge is 0.394 e. The van der Waals surface area contributed by atoms with Gasteiger partial charge in [0.05, 0.1) is 59.0 Å². The summed E-state index contributed by atoms with van der Waals surface area (Å²) in [7, 11) is 0. The molecule has 642 valence electrons. The molecule has 0 aromatic heterocycles. The van der Waals surface area contributed by atoms with Crippen LogP contribution in [0, 0.1) is 0 Å². The van der Waals surface area contributed by atoms with E-state index in [9.17, 15) is 142 Å². The van der Waals surface area contributed by atoms with Crippen LogP contribution in [0.1, 0.15) is 34.6 Å². The second kappa shape index (κ2) is 39.7. The quantitative estimate of drug-likeness (QED) is 0.0346. The van der Waals surface area contributed by atoms with Gasteiger partial charge in [0, 0.05) is 27.7 Å². The van der Waals surface area contributed by atoms with E-state index in [0.29, 0.717) is 0 Å². The van der Waals surface area contributed by atoms with Crippen molar-refractivity contribution in [3.8, 4) is 0 Å². The number of ether oxygens (including phenoxy) is 17. The van der Waals surface area contributed by atoms with E-state index in [2.05, 4.69) is 21.3 Å². The van der Waals surface area contributed by atoms with Crippen molar-refractivity contribution in [3.05, 3.63) is 0 Å². The molecule has 0 bridgehead atoms. The molecule has 0 aromatic carbocycles. The molecule has 28 N–H and O–H groups in total. The first kappa shape index (κ1) is 91.1. The van der Waals surface area contributed by atoms with Gasteiger partial charge in [-0.3, -0.25) is 19.2 Å². The maximum absolute atomic E-state index is 13.2. The Balaban J connectivity index is 1.05. The second-order valence-electron chi connectivity index (χ2n) is 28.2. The SMILES string of the molecule is CC(=O)N[C@@H]1[C@@H](O)[C@H](O[C@@H]2O[C@H](CO)[C@@H](O[C@@H]3O[C@H](CO[C@H]4O[C@H](CO)[C@@H](O)[C@H](O)[C@@H]4O[C@H]4O[C@H](CO)[C@@H](O[C@@H]5O[C@H](CO)[C@H](O)[C@H](O)[C@H]5O)[C@H](O)[C@H]4NC(C)=O)[C@@H](O)[C@H](O[C@@H]4O[C@H](CO)[C@@H](O)[C@H](O)[C@@H]4O[C@@H]4O[C@H](CO)[C@@H](O)[C@H](O)[C@H]4NC(C)=O)[C@@H]3O)[C@H](O)[C@H]2NC(C)=O)[C@@H](CO[C@H]2O[C@@H](C)[C@@H](O)[C@@H](O)[C@@H]2O)O[C@H]1O. The highest BCUT2D eigenvalue weighted by molar-refractivity contribution is 5.74. The lowest BCUT2D eigenvalue weighted by molar-refractivity contribution is -0.396. The van der Waals surface area contributed by atoms with Crippen molar-refractivity contribution in [2.24, 2.45) is 0 Å². The van der Waals surface area contributed by atoms with Crippen LogP contribution in [0.5, 0.6) is 0 Å². The fourth-order valence-corrected chi connectivity index (χ4v) is 14.3. The van der Waals surface area contributed by atoms with Crippen LogP contribution in [-0.4, -0.2) is 475 Å². The van der Waals surface area contributed by atoms with Gasteiger partial charge in [-0.1, -0.05) is 0 Å².